The molecule has 0 spiro atoms. The molecule has 1 aliphatic heterocycles. The maximum Gasteiger partial charge on any atom is 0.244 e. The molecule has 3 rings (SSSR count). The Morgan fingerprint density at radius 3 is 2.19 bits per heavy atom. The number of sulfonamides is 1. The monoisotopic (exact) mass is 477 g/mol. The largest absolute Gasteiger partial charge is 0.350 e. The summed E-state index contributed by atoms with van der Waals surface area (Å²) in [6, 6.07) is 13.9. The summed E-state index contributed by atoms with van der Waals surface area (Å²) in [5, 5.41) is 3.41. The molecule has 0 aromatic heterocycles. The molecule has 0 aliphatic carbocycles. The number of rotatable bonds is 9. The third-order valence-electron chi connectivity index (χ3n) is 5.76. The zero-order valence-corrected chi connectivity index (χ0v) is 20.3. The fourth-order valence-corrected chi connectivity index (χ4v) is 5.43. The van der Waals surface area contributed by atoms with Crippen molar-refractivity contribution >= 4 is 33.2 Å². The molecule has 1 amide bonds. The van der Waals surface area contributed by atoms with Crippen LogP contribution < -0.4 is 9.62 Å². The van der Waals surface area contributed by atoms with Gasteiger partial charge in [-0.05, 0) is 67.7 Å². The van der Waals surface area contributed by atoms with Gasteiger partial charge in [0.15, 0.2) is 0 Å². The number of carbonyl (C=O) groups excluding carboxylic acids is 1. The standard InChI is InChI=1S/C24H32ClN3O3S/c1-3-23(28(32(2,30)31)22-13-11-21(25)12-14-22)24(29)26-17-19-7-9-20(10-8-19)18-27-15-5-4-6-16-27/h7-14,23H,3-6,15-18H2,1-2H3,(H,26,29). The van der Waals surface area contributed by atoms with Gasteiger partial charge in [-0.2, -0.15) is 0 Å². The van der Waals surface area contributed by atoms with Crippen molar-refractivity contribution in [3.8, 4) is 0 Å². The highest BCUT2D eigenvalue weighted by Gasteiger charge is 2.31. The van der Waals surface area contributed by atoms with Crippen LogP contribution >= 0.6 is 11.6 Å². The Labute approximate surface area is 196 Å². The van der Waals surface area contributed by atoms with E-state index in [1.54, 1.807) is 31.2 Å². The summed E-state index contributed by atoms with van der Waals surface area (Å²) in [6.07, 6.45) is 5.31. The van der Waals surface area contributed by atoms with E-state index in [0.717, 1.165) is 31.5 Å². The number of piperidine rings is 1. The van der Waals surface area contributed by atoms with Gasteiger partial charge in [0.2, 0.25) is 15.9 Å². The fraction of sp³-hybridized carbons (Fsp3) is 0.458. The van der Waals surface area contributed by atoms with Crippen LogP contribution in [0.2, 0.25) is 5.02 Å². The molecule has 1 N–H and O–H groups in total. The average Bonchev–Trinajstić information content (AvgIpc) is 2.77. The van der Waals surface area contributed by atoms with Crippen molar-refractivity contribution in [2.75, 3.05) is 23.7 Å². The Bertz CT molecular complexity index is 988. The lowest BCUT2D eigenvalue weighted by molar-refractivity contribution is -0.122. The Hall–Kier alpha value is -2.09. The number of amides is 1. The summed E-state index contributed by atoms with van der Waals surface area (Å²) in [7, 11) is -3.67. The van der Waals surface area contributed by atoms with E-state index in [-0.39, 0.29) is 5.91 Å². The van der Waals surface area contributed by atoms with E-state index in [1.165, 1.54) is 29.1 Å². The highest BCUT2D eigenvalue weighted by Crippen LogP contribution is 2.24. The number of anilines is 1. The third kappa shape index (κ3) is 6.70. The van der Waals surface area contributed by atoms with E-state index in [4.69, 9.17) is 11.6 Å². The fourth-order valence-electron chi connectivity index (χ4n) is 4.09. The van der Waals surface area contributed by atoms with Crippen molar-refractivity contribution in [1.29, 1.82) is 0 Å². The van der Waals surface area contributed by atoms with E-state index >= 15 is 0 Å². The predicted molar refractivity (Wildman–Crippen MR) is 130 cm³/mol. The Balaban J connectivity index is 1.64. The molecule has 2 aromatic rings. The maximum atomic E-state index is 13.0. The topological polar surface area (TPSA) is 69.7 Å². The average molecular weight is 478 g/mol. The van der Waals surface area contributed by atoms with E-state index in [0.29, 0.717) is 23.7 Å². The van der Waals surface area contributed by atoms with Crippen molar-refractivity contribution in [2.45, 2.75) is 51.7 Å². The Kier molecular flexibility index (Phi) is 8.57. The SMILES string of the molecule is CCC(C(=O)NCc1ccc(CN2CCCCC2)cc1)N(c1ccc(Cl)cc1)S(C)(=O)=O. The second-order valence-electron chi connectivity index (χ2n) is 8.33. The molecule has 6 nitrogen and oxygen atoms in total. The van der Waals surface area contributed by atoms with Gasteiger partial charge in [-0.3, -0.25) is 14.0 Å². The van der Waals surface area contributed by atoms with E-state index in [2.05, 4.69) is 22.3 Å². The lowest BCUT2D eigenvalue weighted by Crippen LogP contribution is -2.49. The molecule has 8 heteroatoms. The van der Waals surface area contributed by atoms with Crippen molar-refractivity contribution in [2.24, 2.45) is 0 Å². The lowest BCUT2D eigenvalue weighted by Gasteiger charge is -2.30. The second kappa shape index (κ2) is 11.2. The van der Waals surface area contributed by atoms with Crippen LogP contribution in [0.15, 0.2) is 48.5 Å². The number of hydrogen-bond donors (Lipinski definition) is 1. The first-order valence-electron chi connectivity index (χ1n) is 11.1. The molecule has 1 fully saturated rings. The molecule has 0 bridgehead atoms. The molecular formula is C24H32ClN3O3S. The first kappa shape index (κ1) is 24.6. The number of halogens is 1. The lowest BCUT2D eigenvalue weighted by atomic mass is 10.1. The van der Waals surface area contributed by atoms with Crippen LogP contribution in [0.25, 0.3) is 0 Å². The van der Waals surface area contributed by atoms with Crippen LogP contribution in [0, 0.1) is 0 Å². The van der Waals surface area contributed by atoms with Crippen LogP contribution in [0.4, 0.5) is 5.69 Å². The van der Waals surface area contributed by atoms with Gasteiger partial charge in [-0.25, -0.2) is 8.42 Å². The minimum atomic E-state index is -3.67. The summed E-state index contributed by atoms with van der Waals surface area (Å²) < 4.78 is 26.2. The quantitative estimate of drug-likeness (QED) is 0.588. The van der Waals surface area contributed by atoms with Crippen molar-refractivity contribution < 1.29 is 13.2 Å². The summed E-state index contributed by atoms with van der Waals surface area (Å²) in [5.41, 5.74) is 2.66. The molecule has 1 atom stereocenters. The molecule has 0 saturated carbocycles. The highest BCUT2D eigenvalue weighted by atomic mass is 35.5. The van der Waals surface area contributed by atoms with Crippen LogP contribution in [-0.4, -0.2) is 44.6 Å². The van der Waals surface area contributed by atoms with Crippen molar-refractivity contribution in [3.05, 3.63) is 64.7 Å². The van der Waals surface area contributed by atoms with E-state index in [9.17, 15) is 13.2 Å². The zero-order chi connectivity index (χ0) is 23.1. The van der Waals surface area contributed by atoms with Crippen LogP contribution in [0.5, 0.6) is 0 Å². The number of hydrogen-bond acceptors (Lipinski definition) is 4. The molecule has 0 radical (unpaired) electrons. The first-order chi connectivity index (χ1) is 15.3. The van der Waals surface area contributed by atoms with E-state index < -0.39 is 16.1 Å². The molecule has 1 aliphatic rings. The van der Waals surface area contributed by atoms with Crippen LogP contribution in [0.1, 0.15) is 43.7 Å². The molecular weight excluding hydrogens is 446 g/mol. The van der Waals surface area contributed by atoms with Gasteiger partial charge in [0.1, 0.15) is 6.04 Å². The van der Waals surface area contributed by atoms with Gasteiger partial charge in [0, 0.05) is 18.1 Å². The molecule has 2 aromatic carbocycles. The molecule has 1 saturated heterocycles. The second-order valence-corrected chi connectivity index (χ2v) is 10.6. The summed E-state index contributed by atoms with van der Waals surface area (Å²) in [4.78, 5) is 15.4. The van der Waals surface area contributed by atoms with Crippen LogP contribution in [-0.2, 0) is 27.9 Å². The van der Waals surface area contributed by atoms with Crippen molar-refractivity contribution in [3.63, 3.8) is 0 Å². The van der Waals surface area contributed by atoms with Gasteiger partial charge in [0.05, 0.1) is 11.9 Å². The van der Waals surface area contributed by atoms with Gasteiger partial charge >= 0.3 is 0 Å². The van der Waals surface area contributed by atoms with Gasteiger partial charge in [-0.15, -0.1) is 0 Å². The maximum absolute atomic E-state index is 13.0. The number of nitrogens with zero attached hydrogens (tertiary/aromatic N) is 2. The highest BCUT2D eigenvalue weighted by molar-refractivity contribution is 7.92. The van der Waals surface area contributed by atoms with Crippen LogP contribution in [0.3, 0.4) is 0 Å². The normalized spacial score (nSPS) is 15.8. The Morgan fingerprint density at radius 2 is 1.62 bits per heavy atom. The van der Waals surface area contributed by atoms with Gasteiger partial charge < -0.3 is 5.32 Å². The summed E-state index contributed by atoms with van der Waals surface area (Å²) in [5.74, 6) is -0.328. The van der Waals surface area contributed by atoms with Gasteiger partial charge in [-0.1, -0.05) is 49.2 Å². The molecule has 1 heterocycles. The molecule has 174 valence electrons. The molecule has 32 heavy (non-hydrogen) atoms. The smallest absolute Gasteiger partial charge is 0.244 e. The number of benzene rings is 2. The van der Waals surface area contributed by atoms with Crippen molar-refractivity contribution in [1.82, 2.24) is 10.2 Å². The zero-order valence-electron chi connectivity index (χ0n) is 18.8. The third-order valence-corrected chi connectivity index (χ3v) is 7.19. The van der Waals surface area contributed by atoms with Gasteiger partial charge in [0.25, 0.3) is 0 Å². The number of nitrogens with one attached hydrogen (secondary N) is 1. The summed E-state index contributed by atoms with van der Waals surface area (Å²) >= 11 is 5.94. The Morgan fingerprint density at radius 1 is 1.03 bits per heavy atom. The number of carbonyl (C=O) groups is 1. The minimum Gasteiger partial charge on any atom is -0.350 e. The summed E-state index contributed by atoms with van der Waals surface area (Å²) in [6.45, 7) is 5.40. The number of likely N-dealkylation sites (tertiary alicyclic amines) is 1. The van der Waals surface area contributed by atoms with E-state index in [1.807, 2.05) is 12.1 Å². The predicted octanol–water partition coefficient (Wildman–Crippen LogP) is 4.19. The molecule has 1 unspecified atom stereocenters. The first-order valence-corrected chi connectivity index (χ1v) is 13.3. The minimum absolute atomic E-state index is 0.328.